The summed E-state index contributed by atoms with van der Waals surface area (Å²) in [4.78, 5) is 0. The van der Waals surface area contributed by atoms with Crippen LogP contribution in [0.15, 0.2) is 12.7 Å². The fourth-order valence-electron chi connectivity index (χ4n) is 2.44. The first-order valence-corrected chi connectivity index (χ1v) is 5.32. The van der Waals surface area contributed by atoms with E-state index in [0.717, 1.165) is 12.8 Å². The lowest BCUT2D eigenvalue weighted by molar-refractivity contribution is 0.0264. The molecule has 0 spiro atoms. The molecule has 0 radical (unpaired) electrons. The Kier molecular flexibility index (Phi) is 3.18. The average molecular weight is 182 g/mol. The van der Waals surface area contributed by atoms with Crippen LogP contribution in [0.5, 0.6) is 0 Å². The van der Waals surface area contributed by atoms with Gasteiger partial charge in [-0.2, -0.15) is 0 Å². The first kappa shape index (κ1) is 10.8. The Morgan fingerprint density at radius 3 is 2.46 bits per heavy atom. The van der Waals surface area contributed by atoms with Crippen molar-refractivity contribution in [2.45, 2.75) is 52.7 Å². The first-order valence-electron chi connectivity index (χ1n) is 5.32. The topological polar surface area (TPSA) is 9.23 Å². The van der Waals surface area contributed by atoms with Gasteiger partial charge >= 0.3 is 0 Å². The summed E-state index contributed by atoms with van der Waals surface area (Å²) in [7, 11) is 0. The molecule has 13 heavy (non-hydrogen) atoms. The molecule has 0 aliphatic carbocycles. The van der Waals surface area contributed by atoms with Crippen LogP contribution in [0.4, 0.5) is 0 Å². The second-order valence-corrected chi connectivity index (χ2v) is 4.51. The van der Waals surface area contributed by atoms with E-state index in [1.165, 1.54) is 0 Å². The molecule has 4 atom stereocenters. The summed E-state index contributed by atoms with van der Waals surface area (Å²) >= 11 is 0. The molecule has 0 amide bonds. The zero-order valence-electron chi connectivity index (χ0n) is 9.34. The Bertz CT molecular complexity index is 188. The van der Waals surface area contributed by atoms with Crippen LogP contribution in [0.25, 0.3) is 0 Å². The maximum absolute atomic E-state index is 5.94. The van der Waals surface area contributed by atoms with Gasteiger partial charge in [-0.05, 0) is 25.7 Å². The molecule has 1 aliphatic rings. The minimum Gasteiger partial charge on any atom is -0.374 e. The second-order valence-electron chi connectivity index (χ2n) is 4.51. The summed E-state index contributed by atoms with van der Waals surface area (Å²) in [6.07, 6.45) is 5.02. The fourth-order valence-corrected chi connectivity index (χ4v) is 2.44. The van der Waals surface area contributed by atoms with Gasteiger partial charge < -0.3 is 4.74 Å². The van der Waals surface area contributed by atoms with E-state index in [1.54, 1.807) is 0 Å². The number of hydrogen-bond donors (Lipinski definition) is 0. The van der Waals surface area contributed by atoms with E-state index in [9.17, 15) is 0 Å². The highest BCUT2D eigenvalue weighted by molar-refractivity contribution is 4.98. The van der Waals surface area contributed by atoms with Crippen LogP contribution in [0, 0.1) is 11.3 Å². The number of allylic oxidation sites excluding steroid dienone is 1. The van der Waals surface area contributed by atoms with E-state index in [2.05, 4.69) is 34.3 Å². The molecule has 0 aromatic rings. The molecule has 0 aromatic heterocycles. The van der Waals surface area contributed by atoms with E-state index in [-0.39, 0.29) is 0 Å². The highest BCUT2D eigenvalue weighted by Gasteiger charge is 2.46. The predicted octanol–water partition coefficient (Wildman–Crippen LogP) is 3.40. The Balaban J connectivity index is 2.78. The number of hydrogen-bond acceptors (Lipinski definition) is 1. The van der Waals surface area contributed by atoms with Gasteiger partial charge in [0.25, 0.3) is 0 Å². The van der Waals surface area contributed by atoms with Gasteiger partial charge in [-0.15, -0.1) is 6.58 Å². The summed E-state index contributed by atoms with van der Waals surface area (Å²) in [5.41, 5.74) is 0.294. The van der Waals surface area contributed by atoms with Gasteiger partial charge in [-0.3, -0.25) is 0 Å². The number of rotatable bonds is 3. The van der Waals surface area contributed by atoms with Crippen molar-refractivity contribution in [2.75, 3.05) is 0 Å². The molecule has 0 N–H and O–H groups in total. The van der Waals surface area contributed by atoms with Crippen molar-refractivity contribution in [3.8, 4) is 0 Å². The molecule has 1 saturated heterocycles. The molecule has 1 heteroatoms. The van der Waals surface area contributed by atoms with Crippen LogP contribution in [0.3, 0.4) is 0 Å². The van der Waals surface area contributed by atoms with Gasteiger partial charge in [0.2, 0.25) is 0 Å². The lowest BCUT2D eigenvalue weighted by Gasteiger charge is -2.31. The summed E-state index contributed by atoms with van der Waals surface area (Å²) in [5, 5.41) is 0. The monoisotopic (exact) mass is 182 g/mol. The average Bonchev–Trinajstić information content (AvgIpc) is 2.31. The molecule has 0 saturated carbocycles. The zero-order valence-corrected chi connectivity index (χ0v) is 9.34. The summed E-state index contributed by atoms with van der Waals surface area (Å²) in [6.45, 7) is 12.9. The smallest absolute Gasteiger partial charge is 0.0610 e. The Hall–Kier alpha value is -0.300. The SMILES string of the molecule is C=CC[C@]1(C)C(C)OC(CC)[C@H]1C. The van der Waals surface area contributed by atoms with Gasteiger partial charge in [-0.1, -0.05) is 26.8 Å². The minimum absolute atomic E-state index is 0.294. The molecular formula is C12H22O. The molecule has 1 aliphatic heterocycles. The molecule has 1 fully saturated rings. The maximum Gasteiger partial charge on any atom is 0.0610 e. The molecule has 2 unspecified atom stereocenters. The maximum atomic E-state index is 5.94. The largest absolute Gasteiger partial charge is 0.374 e. The Labute approximate surface area is 82.2 Å². The van der Waals surface area contributed by atoms with Crippen LogP contribution in [0.2, 0.25) is 0 Å². The van der Waals surface area contributed by atoms with Crippen LogP contribution >= 0.6 is 0 Å². The second kappa shape index (κ2) is 3.83. The normalized spacial score (nSPS) is 45.1. The molecule has 0 bridgehead atoms. The standard InChI is InChI=1S/C12H22O/c1-6-8-12(5)9(3)11(7-2)13-10(12)4/h6,9-11H,1,7-8H2,2-5H3/t9-,10?,11?,12+/m1/s1. The van der Waals surface area contributed by atoms with Gasteiger partial charge in [0.05, 0.1) is 12.2 Å². The Morgan fingerprint density at radius 2 is 2.08 bits per heavy atom. The van der Waals surface area contributed by atoms with Gasteiger partial charge in [0.1, 0.15) is 0 Å². The summed E-state index contributed by atoms with van der Waals surface area (Å²) < 4.78 is 5.94. The lowest BCUT2D eigenvalue weighted by atomic mass is 9.71. The quantitative estimate of drug-likeness (QED) is 0.608. The highest BCUT2D eigenvalue weighted by atomic mass is 16.5. The van der Waals surface area contributed by atoms with Crippen LogP contribution in [0.1, 0.15) is 40.5 Å². The third-order valence-corrected chi connectivity index (χ3v) is 3.89. The van der Waals surface area contributed by atoms with E-state index in [1.807, 2.05) is 6.08 Å². The summed E-state index contributed by atoms with van der Waals surface area (Å²) in [6, 6.07) is 0. The molecular weight excluding hydrogens is 160 g/mol. The molecule has 0 aromatic carbocycles. The van der Waals surface area contributed by atoms with Crippen LogP contribution < -0.4 is 0 Å². The number of ether oxygens (including phenoxy) is 1. The predicted molar refractivity (Wildman–Crippen MR) is 56.7 cm³/mol. The summed E-state index contributed by atoms with van der Waals surface area (Å²) in [5.74, 6) is 0.644. The molecule has 1 nitrogen and oxygen atoms in total. The van der Waals surface area contributed by atoms with Gasteiger partial charge in [-0.25, -0.2) is 0 Å². The third-order valence-electron chi connectivity index (χ3n) is 3.89. The van der Waals surface area contributed by atoms with E-state index >= 15 is 0 Å². The molecule has 1 heterocycles. The van der Waals surface area contributed by atoms with E-state index in [0.29, 0.717) is 23.5 Å². The van der Waals surface area contributed by atoms with Crippen molar-refractivity contribution in [1.29, 1.82) is 0 Å². The van der Waals surface area contributed by atoms with Crippen molar-refractivity contribution in [2.24, 2.45) is 11.3 Å². The van der Waals surface area contributed by atoms with Gasteiger partial charge in [0, 0.05) is 5.41 Å². The van der Waals surface area contributed by atoms with Crippen molar-refractivity contribution in [1.82, 2.24) is 0 Å². The van der Waals surface area contributed by atoms with Crippen molar-refractivity contribution in [3.63, 3.8) is 0 Å². The van der Waals surface area contributed by atoms with Crippen molar-refractivity contribution < 1.29 is 4.74 Å². The third kappa shape index (κ3) is 1.67. The zero-order chi connectivity index (χ0) is 10.1. The van der Waals surface area contributed by atoms with Crippen LogP contribution in [-0.2, 0) is 4.74 Å². The fraction of sp³-hybridized carbons (Fsp3) is 0.833. The minimum atomic E-state index is 0.294. The van der Waals surface area contributed by atoms with E-state index in [4.69, 9.17) is 4.74 Å². The van der Waals surface area contributed by atoms with Gasteiger partial charge in [0.15, 0.2) is 0 Å². The molecule has 1 rings (SSSR count). The lowest BCUT2D eigenvalue weighted by Crippen LogP contribution is -2.30. The Morgan fingerprint density at radius 1 is 1.46 bits per heavy atom. The van der Waals surface area contributed by atoms with Crippen molar-refractivity contribution >= 4 is 0 Å². The molecule has 76 valence electrons. The van der Waals surface area contributed by atoms with Crippen LogP contribution in [-0.4, -0.2) is 12.2 Å². The van der Waals surface area contributed by atoms with E-state index < -0.39 is 0 Å². The van der Waals surface area contributed by atoms with Crippen molar-refractivity contribution in [3.05, 3.63) is 12.7 Å². The first-order chi connectivity index (χ1) is 6.06. The highest BCUT2D eigenvalue weighted by Crippen LogP contribution is 2.46.